The lowest BCUT2D eigenvalue weighted by atomic mass is 10.2. The van der Waals surface area contributed by atoms with Gasteiger partial charge in [0.15, 0.2) is 0 Å². The quantitative estimate of drug-likeness (QED) is 0.766. The molecule has 0 saturated carbocycles. The SMILES string of the molecule is CNC(=O)CC1C(=O)N(c2ccccc2)C(=S)N1NC(=O)c1ccccc1. The summed E-state index contributed by atoms with van der Waals surface area (Å²) in [5, 5.41) is 3.90. The van der Waals surface area contributed by atoms with E-state index in [1.807, 2.05) is 6.07 Å². The van der Waals surface area contributed by atoms with Gasteiger partial charge in [-0.3, -0.25) is 24.7 Å². The van der Waals surface area contributed by atoms with Crippen LogP contribution < -0.4 is 15.6 Å². The molecule has 138 valence electrons. The Bertz CT molecular complexity index is 873. The highest BCUT2D eigenvalue weighted by Gasteiger charge is 2.45. The standard InChI is InChI=1S/C19H18N4O3S/c1-20-16(24)12-15-18(26)22(14-10-6-3-7-11-14)19(27)23(15)21-17(25)13-8-4-2-5-9-13/h2-11,15H,12H2,1H3,(H,20,24)(H,21,25). The van der Waals surface area contributed by atoms with Crippen molar-refractivity contribution in [2.75, 3.05) is 11.9 Å². The predicted molar refractivity (Wildman–Crippen MR) is 105 cm³/mol. The number of carbonyl (C=O) groups is 3. The maximum Gasteiger partial charge on any atom is 0.269 e. The van der Waals surface area contributed by atoms with Crippen LogP contribution >= 0.6 is 12.2 Å². The number of amides is 3. The van der Waals surface area contributed by atoms with Gasteiger partial charge in [0, 0.05) is 12.6 Å². The molecule has 3 amide bonds. The van der Waals surface area contributed by atoms with Crippen LogP contribution in [-0.4, -0.2) is 40.9 Å². The Morgan fingerprint density at radius 1 is 1.04 bits per heavy atom. The molecule has 0 aliphatic carbocycles. The lowest BCUT2D eigenvalue weighted by Gasteiger charge is -2.24. The van der Waals surface area contributed by atoms with Crippen molar-refractivity contribution in [3.05, 3.63) is 66.2 Å². The minimum Gasteiger partial charge on any atom is -0.359 e. The fraction of sp³-hybridized carbons (Fsp3) is 0.158. The zero-order chi connectivity index (χ0) is 19.4. The second-order valence-electron chi connectivity index (χ2n) is 5.86. The van der Waals surface area contributed by atoms with Gasteiger partial charge in [0.2, 0.25) is 11.0 Å². The molecule has 1 saturated heterocycles. The lowest BCUT2D eigenvalue weighted by molar-refractivity contribution is -0.127. The van der Waals surface area contributed by atoms with Gasteiger partial charge >= 0.3 is 0 Å². The van der Waals surface area contributed by atoms with Crippen molar-refractivity contribution >= 4 is 40.7 Å². The van der Waals surface area contributed by atoms with Crippen LogP contribution in [0.15, 0.2) is 60.7 Å². The molecule has 7 nitrogen and oxygen atoms in total. The van der Waals surface area contributed by atoms with Crippen LogP contribution in [0.2, 0.25) is 0 Å². The van der Waals surface area contributed by atoms with Gasteiger partial charge in [-0.05, 0) is 36.5 Å². The molecule has 1 heterocycles. The van der Waals surface area contributed by atoms with E-state index in [2.05, 4.69) is 10.7 Å². The predicted octanol–water partition coefficient (Wildman–Crippen LogP) is 1.47. The Balaban J connectivity index is 1.90. The Hall–Kier alpha value is -3.26. The average molecular weight is 382 g/mol. The maximum atomic E-state index is 13.0. The first-order valence-corrected chi connectivity index (χ1v) is 8.72. The van der Waals surface area contributed by atoms with E-state index < -0.39 is 11.9 Å². The molecule has 1 fully saturated rings. The summed E-state index contributed by atoms with van der Waals surface area (Å²) in [6.45, 7) is 0. The summed E-state index contributed by atoms with van der Waals surface area (Å²) < 4.78 is 0. The zero-order valence-corrected chi connectivity index (χ0v) is 15.4. The van der Waals surface area contributed by atoms with E-state index in [4.69, 9.17) is 12.2 Å². The smallest absolute Gasteiger partial charge is 0.269 e. The van der Waals surface area contributed by atoms with E-state index in [0.29, 0.717) is 11.3 Å². The van der Waals surface area contributed by atoms with E-state index in [9.17, 15) is 14.4 Å². The van der Waals surface area contributed by atoms with Gasteiger partial charge in [-0.25, -0.2) is 5.01 Å². The lowest BCUT2D eigenvalue weighted by Crippen LogP contribution is -2.50. The van der Waals surface area contributed by atoms with E-state index in [-0.39, 0.29) is 23.3 Å². The average Bonchev–Trinajstić information content (AvgIpc) is 2.93. The van der Waals surface area contributed by atoms with Crippen molar-refractivity contribution in [3.8, 4) is 0 Å². The molecule has 27 heavy (non-hydrogen) atoms. The molecule has 3 rings (SSSR count). The molecule has 1 aliphatic rings. The van der Waals surface area contributed by atoms with E-state index in [1.165, 1.54) is 17.0 Å². The minimum atomic E-state index is -0.926. The third-order valence-corrected chi connectivity index (χ3v) is 4.52. The summed E-state index contributed by atoms with van der Waals surface area (Å²) in [5.41, 5.74) is 3.66. The van der Waals surface area contributed by atoms with Crippen LogP contribution in [0.3, 0.4) is 0 Å². The Kier molecular flexibility index (Phi) is 5.46. The summed E-state index contributed by atoms with van der Waals surface area (Å²) in [6.07, 6.45) is -0.131. The molecule has 8 heteroatoms. The number of para-hydroxylation sites is 1. The first kappa shape index (κ1) is 18.5. The number of nitrogens with zero attached hydrogens (tertiary/aromatic N) is 2. The molecule has 1 unspecified atom stereocenters. The van der Waals surface area contributed by atoms with E-state index in [0.717, 1.165) is 0 Å². The van der Waals surface area contributed by atoms with Crippen LogP contribution in [0.4, 0.5) is 5.69 Å². The van der Waals surface area contributed by atoms with E-state index in [1.54, 1.807) is 54.6 Å². The van der Waals surface area contributed by atoms with Crippen molar-refractivity contribution < 1.29 is 14.4 Å². The summed E-state index contributed by atoms with van der Waals surface area (Å²) >= 11 is 5.44. The summed E-state index contributed by atoms with van der Waals surface area (Å²) in [5.74, 6) is -1.12. The largest absolute Gasteiger partial charge is 0.359 e. The van der Waals surface area contributed by atoms with Crippen molar-refractivity contribution in [2.45, 2.75) is 12.5 Å². The summed E-state index contributed by atoms with van der Waals surface area (Å²) in [6, 6.07) is 16.5. The number of anilines is 1. The molecule has 0 spiro atoms. The Morgan fingerprint density at radius 3 is 2.22 bits per heavy atom. The van der Waals surface area contributed by atoms with Crippen LogP contribution in [0.1, 0.15) is 16.8 Å². The first-order chi connectivity index (χ1) is 13.0. The van der Waals surface area contributed by atoms with E-state index >= 15 is 0 Å². The number of rotatable bonds is 5. The fourth-order valence-corrected chi connectivity index (χ4v) is 3.12. The van der Waals surface area contributed by atoms with Gasteiger partial charge in [-0.1, -0.05) is 36.4 Å². The molecule has 2 aromatic rings. The van der Waals surface area contributed by atoms with Gasteiger partial charge in [0.05, 0.1) is 12.1 Å². The number of carbonyl (C=O) groups excluding carboxylic acids is 3. The number of nitrogens with one attached hydrogen (secondary N) is 2. The number of thiocarbonyl (C=S) groups is 1. The van der Waals surface area contributed by atoms with Crippen molar-refractivity contribution in [3.63, 3.8) is 0 Å². The van der Waals surface area contributed by atoms with Crippen LogP contribution in [0, 0.1) is 0 Å². The molecular formula is C19H18N4O3S. The zero-order valence-electron chi connectivity index (χ0n) is 14.6. The van der Waals surface area contributed by atoms with Crippen LogP contribution in [0.5, 0.6) is 0 Å². The maximum absolute atomic E-state index is 13.0. The van der Waals surface area contributed by atoms with Gasteiger partial charge in [-0.15, -0.1) is 0 Å². The summed E-state index contributed by atoms with van der Waals surface area (Å²) in [7, 11) is 1.49. The highest BCUT2D eigenvalue weighted by molar-refractivity contribution is 7.80. The Labute approximate surface area is 161 Å². The van der Waals surface area contributed by atoms with Crippen molar-refractivity contribution in [2.24, 2.45) is 0 Å². The third kappa shape index (κ3) is 3.80. The number of hydrogen-bond acceptors (Lipinski definition) is 4. The fourth-order valence-electron chi connectivity index (χ4n) is 2.76. The van der Waals surface area contributed by atoms with Gasteiger partial charge < -0.3 is 5.32 Å². The van der Waals surface area contributed by atoms with Crippen molar-refractivity contribution in [1.82, 2.24) is 15.8 Å². The summed E-state index contributed by atoms with van der Waals surface area (Å²) in [4.78, 5) is 38.7. The molecule has 2 N–H and O–H groups in total. The molecule has 2 aromatic carbocycles. The normalized spacial score (nSPS) is 16.4. The van der Waals surface area contributed by atoms with Gasteiger partial charge in [-0.2, -0.15) is 0 Å². The van der Waals surface area contributed by atoms with Crippen molar-refractivity contribution in [1.29, 1.82) is 0 Å². The molecule has 0 bridgehead atoms. The van der Waals surface area contributed by atoms with Crippen LogP contribution in [-0.2, 0) is 9.59 Å². The monoisotopic (exact) mass is 382 g/mol. The first-order valence-electron chi connectivity index (χ1n) is 8.31. The topological polar surface area (TPSA) is 81.8 Å². The molecule has 1 aliphatic heterocycles. The van der Waals surface area contributed by atoms with Crippen LogP contribution in [0.25, 0.3) is 0 Å². The Morgan fingerprint density at radius 2 is 1.63 bits per heavy atom. The second-order valence-corrected chi connectivity index (χ2v) is 6.23. The number of hydrogen-bond donors (Lipinski definition) is 2. The number of hydrazine groups is 1. The molecule has 0 aromatic heterocycles. The molecule has 1 atom stereocenters. The molecular weight excluding hydrogens is 364 g/mol. The van der Waals surface area contributed by atoms with Gasteiger partial charge in [0.25, 0.3) is 11.8 Å². The van der Waals surface area contributed by atoms with Gasteiger partial charge in [0.1, 0.15) is 6.04 Å². The molecule has 0 radical (unpaired) electrons. The minimum absolute atomic E-state index is 0.115. The highest BCUT2D eigenvalue weighted by atomic mass is 32.1. The third-order valence-electron chi connectivity index (χ3n) is 4.14. The highest BCUT2D eigenvalue weighted by Crippen LogP contribution is 2.25. The number of benzene rings is 2. The second kappa shape index (κ2) is 7.96.